The molecule has 2 aromatic heterocycles. The van der Waals surface area contributed by atoms with Gasteiger partial charge >= 0.3 is 0 Å². The van der Waals surface area contributed by atoms with Crippen LogP contribution in [-0.2, 0) is 4.79 Å². The number of carbonyl (C=O) groups is 1. The lowest BCUT2D eigenvalue weighted by atomic mass is 9.86. The molecule has 4 nitrogen and oxygen atoms in total. The molecule has 2 N–H and O–H groups in total. The van der Waals surface area contributed by atoms with E-state index in [4.69, 9.17) is 0 Å². The zero-order chi connectivity index (χ0) is 14.2. The highest BCUT2D eigenvalue weighted by Crippen LogP contribution is 2.41. The fraction of sp³-hybridized carbons (Fsp3) is 0.125. The van der Waals surface area contributed by atoms with Gasteiger partial charge in [0.05, 0.1) is 5.69 Å². The van der Waals surface area contributed by atoms with Gasteiger partial charge < -0.3 is 5.32 Å². The van der Waals surface area contributed by atoms with Gasteiger partial charge in [0.15, 0.2) is 5.82 Å². The summed E-state index contributed by atoms with van der Waals surface area (Å²) in [5.41, 5.74) is 4.33. The molecule has 21 heavy (non-hydrogen) atoms. The SMILES string of the molecule is O=C1C[C@@H](c2ccsc2)c2c(n[nH]c2-c2ccccc2)N1. The monoisotopic (exact) mass is 295 g/mol. The summed E-state index contributed by atoms with van der Waals surface area (Å²) in [6, 6.07) is 12.2. The highest BCUT2D eigenvalue weighted by atomic mass is 32.1. The number of fused-ring (bicyclic) bond motifs is 1. The van der Waals surface area contributed by atoms with Crippen LogP contribution in [0.1, 0.15) is 23.5 Å². The topological polar surface area (TPSA) is 57.8 Å². The normalized spacial score (nSPS) is 17.3. The second-order valence-electron chi connectivity index (χ2n) is 5.09. The van der Waals surface area contributed by atoms with Gasteiger partial charge in [-0.15, -0.1) is 0 Å². The van der Waals surface area contributed by atoms with E-state index in [-0.39, 0.29) is 11.8 Å². The number of aromatic nitrogens is 2. The number of hydrogen-bond acceptors (Lipinski definition) is 3. The highest BCUT2D eigenvalue weighted by molar-refractivity contribution is 7.08. The molecule has 0 radical (unpaired) electrons. The van der Waals surface area contributed by atoms with Gasteiger partial charge in [-0.05, 0) is 28.0 Å². The van der Waals surface area contributed by atoms with Gasteiger partial charge in [0.2, 0.25) is 5.91 Å². The summed E-state index contributed by atoms with van der Waals surface area (Å²) in [5, 5.41) is 14.4. The molecule has 1 atom stereocenters. The fourth-order valence-electron chi connectivity index (χ4n) is 2.84. The third-order valence-electron chi connectivity index (χ3n) is 3.81. The number of nitrogens with one attached hydrogen (secondary N) is 2. The van der Waals surface area contributed by atoms with Crippen molar-refractivity contribution in [2.75, 3.05) is 5.32 Å². The molecule has 5 heteroatoms. The lowest BCUT2D eigenvalue weighted by molar-refractivity contribution is -0.116. The van der Waals surface area contributed by atoms with Crippen LogP contribution in [0.2, 0.25) is 0 Å². The molecule has 104 valence electrons. The van der Waals surface area contributed by atoms with Gasteiger partial charge in [-0.25, -0.2) is 0 Å². The number of anilines is 1. The summed E-state index contributed by atoms with van der Waals surface area (Å²) in [6.07, 6.45) is 0.461. The quantitative estimate of drug-likeness (QED) is 0.758. The summed E-state index contributed by atoms with van der Waals surface area (Å²) in [6.45, 7) is 0. The average molecular weight is 295 g/mol. The molecule has 0 saturated carbocycles. The smallest absolute Gasteiger partial charge is 0.226 e. The first-order valence-corrected chi connectivity index (χ1v) is 7.73. The van der Waals surface area contributed by atoms with E-state index in [0.29, 0.717) is 12.2 Å². The molecule has 3 heterocycles. The number of thiophene rings is 1. The average Bonchev–Trinajstić information content (AvgIpc) is 3.16. The zero-order valence-electron chi connectivity index (χ0n) is 11.2. The Balaban J connectivity index is 1.89. The van der Waals surface area contributed by atoms with E-state index in [1.807, 2.05) is 23.6 Å². The molecule has 0 spiro atoms. The van der Waals surface area contributed by atoms with Crippen LogP contribution in [0.5, 0.6) is 0 Å². The van der Waals surface area contributed by atoms with Crippen molar-refractivity contribution in [1.82, 2.24) is 10.2 Å². The molecule has 0 saturated heterocycles. The van der Waals surface area contributed by atoms with Crippen molar-refractivity contribution in [3.63, 3.8) is 0 Å². The van der Waals surface area contributed by atoms with E-state index in [2.05, 4.69) is 39.1 Å². The maximum Gasteiger partial charge on any atom is 0.226 e. The maximum atomic E-state index is 11.9. The first kappa shape index (κ1) is 12.3. The summed E-state index contributed by atoms with van der Waals surface area (Å²) in [4.78, 5) is 11.9. The van der Waals surface area contributed by atoms with Crippen LogP contribution in [0.3, 0.4) is 0 Å². The molecule has 1 amide bonds. The first-order chi connectivity index (χ1) is 10.3. The van der Waals surface area contributed by atoms with E-state index >= 15 is 0 Å². The van der Waals surface area contributed by atoms with Crippen LogP contribution in [0.15, 0.2) is 47.2 Å². The molecule has 1 aromatic carbocycles. The van der Waals surface area contributed by atoms with Gasteiger partial charge in [-0.2, -0.15) is 16.4 Å². The summed E-state index contributed by atoms with van der Waals surface area (Å²) >= 11 is 1.65. The van der Waals surface area contributed by atoms with Crippen LogP contribution in [0.4, 0.5) is 5.82 Å². The number of rotatable bonds is 2. The third-order valence-corrected chi connectivity index (χ3v) is 4.51. The predicted molar refractivity (Wildman–Crippen MR) is 83.4 cm³/mol. The number of amides is 1. The number of hydrogen-bond donors (Lipinski definition) is 2. The predicted octanol–water partition coefficient (Wildman–Crippen LogP) is 3.61. The Morgan fingerprint density at radius 2 is 2.05 bits per heavy atom. The molecular weight excluding hydrogens is 282 g/mol. The second kappa shape index (κ2) is 4.86. The Morgan fingerprint density at radius 3 is 2.81 bits per heavy atom. The van der Waals surface area contributed by atoms with Crippen molar-refractivity contribution >= 4 is 23.1 Å². The van der Waals surface area contributed by atoms with Crippen molar-refractivity contribution in [2.45, 2.75) is 12.3 Å². The van der Waals surface area contributed by atoms with Gasteiger partial charge in [0.25, 0.3) is 0 Å². The number of benzene rings is 1. The highest BCUT2D eigenvalue weighted by Gasteiger charge is 2.32. The molecule has 0 aliphatic carbocycles. The fourth-order valence-corrected chi connectivity index (χ4v) is 3.55. The van der Waals surface area contributed by atoms with Crippen molar-refractivity contribution in [1.29, 1.82) is 0 Å². The van der Waals surface area contributed by atoms with Crippen molar-refractivity contribution in [3.05, 3.63) is 58.3 Å². The molecule has 1 aliphatic rings. The summed E-state index contributed by atoms with van der Waals surface area (Å²) in [5.74, 6) is 0.736. The van der Waals surface area contributed by atoms with Crippen molar-refractivity contribution < 1.29 is 4.79 Å². The number of aromatic amines is 1. The number of H-pyrrole nitrogens is 1. The van der Waals surface area contributed by atoms with E-state index < -0.39 is 0 Å². The molecule has 0 bridgehead atoms. The van der Waals surface area contributed by atoms with Crippen LogP contribution in [0, 0.1) is 0 Å². The molecule has 4 rings (SSSR count). The van der Waals surface area contributed by atoms with Gasteiger partial charge in [0.1, 0.15) is 0 Å². The lowest BCUT2D eigenvalue weighted by Crippen LogP contribution is -2.23. The van der Waals surface area contributed by atoms with E-state index in [1.54, 1.807) is 11.3 Å². The summed E-state index contributed by atoms with van der Waals surface area (Å²) in [7, 11) is 0. The van der Waals surface area contributed by atoms with E-state index in [0.717, 1.165) is 16.8 Å². The van der Waals surface area contributed by atoms with Gasteiger partial charge in [0, 0.05) is 17.9 Å². The minimum absolute atomic E-state index is 0.0183. The number of carbonyl (C=O) groups excluding carboxylic acids is 1. The van der Waals surface area contributed by atoms with Crippen molar-refractivity contribution in [2.24, 2.45) is 0 Å². The Hall–Kier alpha value is -2.40. The Morgan fingerprint density at radius 1 is 1.19 bits per heavy atom. The lowest BCUT2D eigenvalue weighted by Gasteiger charge is -2.22. The van der Waals surface area contributed by atoms with Crippen LogP contribution in [-0.4, -0.2) is 16.1 Å². The second-order valence-corrected chi connectivity index (χ2v) is 5.87. The van der Waals surface area contributed by atoms with Gasteiger partial charge in [-0.1, -0.05) is 30.3 Å². The first-order valence-electron chi connectivity index (χ1n) is 6.78. The molecular formula is C16H13N3OS. The summed E-state index contributed by atoms with van der Waals surface area (Å²) < 4.78 is 0. The minimum Gasteiger partial charge on any atom is -0.309 e. The maximum absolute atomic E-state index is 11.9. The van der Waals surface area contributed by atoms with E-state index in [9.17, 15) is 4.79 Å². The molecule has 0 fully saturated rings. The van der Waals surface area contributed by atoms with Crippen LogP contribution in [0.25, 0.3) is 11.3 Å². The standard InChI is InChI=1S/C16H13N3OS/c20-13-8-12(11-6-7-21-9-11)14-15(18-19-16(14)17-13)10-4-2-1-3-5-10/h1-7,9,12H,8H2,(H2,17,18,19,20)/t12-/m0/s1. The zero-order valence-corrected chi connectivity index (χ0v) is 12.0. The largest absolute Gasteiger partial charge is 0.309 e. The van der Waals surface area contributed by atoms with Gasteiger partial charge in [-0.3, -0.25) is 9.89 Å². The minimum atomic E-state index is 0.0183. The Labute approximate surface area is 125 Å². The van der Waals surface area contributed by atoms with Crippen LogP contribution >= 0.6 is 11.3 Å². The Bertz CT molecular complexity index is 777. The number of nitrogens with zero attached hydrogens (tertiary/aromatic N) is 1. The van der Waals surface area contributed by atoms with Crippen molar-refractivity contribution in [3.8, 4) is 11.3 Å². The molecule has 0 unspecified atom stereocenters. The van der Waals surface area contributed by atoms with Crippen LogP contribution < -0.4 is 5.32 Å². The molecule has 3 aromatic rings. The third kappa shape index (κ3) is 2.06. The molecule has 1 aliphatic heterocycles. The van der Waals surface area contributed by atoms with E-state index in [1.165, 1.54) is 5.56 Å². The Kier molecular flexibility index (Phi) is 2.86.